The molecule has 0 atom stereocenters. The standard InChI is InChI=1S/C14H20N6O2/c1-18(2)12-15-13(19(3)9-21)17-14(16-12)20(4)10-7-5-6-8-11(10)22/h5-8,21-22H,9H2,1-4H3. The molecular formula is C14H20N6O2. The molecule has 1 aromatic carbocycles. The van der Waals surface area contributed by atoms with E-state index in [1.54, 1.807) is 42.1 Å². The normalized spacial score (nSPS) is 10.4. The van der Waals surface area contributed by atoms with E-state index in [1.807, 2.05) is 20.2 Å². The van der Waals surface area contributed by atoms with Gasteiger partial charge in [-0.1, -0.05) is 12.1 Å². The van der Waals surface area contributed by atoms with Gasteiger partial charge in [-0.3, -0.25) is 0 Å². The van der Waals surface area contributed by atoms with Gasteiger partial charge in [0.15, 0.2) is 0 Å². The summed E-state index contributed by atoms with van der Waals surface area (Å²) < 4.78 is 0. The van der Waals surface area contributed by atoms with Crippen molar-refractivity contribution in [3.8, 4) is 5.75 Å². The number of aromatic nitrogens is 3. The lowest BCUT2D eigenvalue weighted by Gasteiger charge is -2.22. The summed E-state index contributed by atoms with van der Waals surface area (Å²) in [6.07, 6.45) is 0. The van der Waals surface area contributed by atoms with Crippen LogP contribution in [0.4, 0.5) is 23.5 Å². The number of hydrogen-bond acceptors (Lipinski definition) is 8. The molecule has 0 aliphatic heterocycles. The maximum Gasteiger partial charge on any atom is 0.236 e. The highest BCUT2D eigenvalue weighted by molar-refractivity contribution is 5.65. The Labute approximate surface area is 129 Å². The van der Waals surface area contributed by atoms with E-state index >= 15 is 0 Å². The third-order valence-electron chi connectivity index (χ3n) is 3.10. The Morgan fingerprint density at radius 2 is 1.50 bits per heavy atom. The summed E-state index contributed by atoms with van der Waals surface area (Å²) in [4.78, 5) is 17.9. The van der Waals surface area contributed by atoms with Crippen molar-refractivity contribution in [1.82, 2.24) is 15.0 Å². The summed E-state index contributed by atoms with van der Waals surface area (Å²) in [5, 5.41) is 19.2. The van der Waals surface area contributed by atoms with Crippen molar-refractivity contribution in [2.24, 2.45) is 0 Å². The highest BCUT2D eigenvalue weighted by atomic mass is 16.3. The smallest absolute Gasteiger partial charge is 0.236 e. The topological polar surface area (TPSA) is 88.9 Å². The van der Waals surface area contributed by atoms with E-state index in [2.05, 4.69) is 15.0 Å². The van der Waals surface area contributed by atoms with Crippen LogP contribution in [0.1, 0.15) is 0 Å². The molecule has 0 amide bonds. The van der Waals surface area contributed by atoms with Crippen LogP contribution >= 0.6 is 0 Å². The van der Waals surface area contributed by atoms with E-state index in [-0.39, 0.29) is 12.5 Å². The number of phenols is 1. The number of hydrogen-bond donors (Lipinski definition) is 2. The number of aliphatic hydroxyl groups excluding tert-OH is 1. The lowest BCUT2D eigenvalue weighted by molar-refractivity contribution is 0.296. The molecule has 2 aromatic rings. The minimum absolute atomic E-state index is 0.133. The van der Waals surface area contributed by atoms with Gasteiger partial charge in [0.2, 0.25) is 17.8 Å². The van der Waals surface area contributed by atoms with E-state index in [0.717, 1.165) is 0 Å². The molecule has 0 saturated carbocycles. The molecule has 1 heterocycles. The fourth-order valence-electron chi connectivity index (χ4n) is 1.78. The van der Waals surface area contributed by atoms with Gasteiger partial charge in [0.05, 0.1) is 5.69 Å². The van der Waals surface area contributed by atoms with Crippen molar-refractivity contribution < 1.29 is 10.2 Å². The number of nitrogens with zero attached hydrogens (tertiary/aromatic N) is 6. The van der Waals surface area contributed by atoms with Crippen LogP contribution in [0.25, 0.3) is 0 Å². The van der Waals surface area contributed by atoms with E-state index in [0.29, 0.717) is 23.5 Å². The van der Waals surface area contributed by atoms with E-state index in [4.69, 9.17) is 0 Å². The van der Waals surface area contributed by atoms with E-state index in [1.165, 1.54) is 4.90 Å². The molecule has 0 saturated heterocycles. The molecule has 8 heteroatoms. The largest absolute Gasteiger partial charge is 0.506 e. The predicted octanol–water partition coefficient (Wildman–Crippen LogP) is 0.797. The summed E-state index contributed by atoms with van der Waals surface area (Å²) in [6.45, 7) is -0.212. The lowest BCUT2D eigenvalue weighted by Crippen LogP contribution is -2.25. The first-order valence-corrected chi connectivity index (χ1v) is 6.71. The monoisotopic (exact) mass is 304 g/mol. The first kappa shape index (κ1) is 15.8. The number of aromatic hydroxyl groups is 1. The average Bonchev–Trinajstić information content (AvgIpc) is 2.53. The molecule has 0 bridgehead atoms. The SMILES string of the molecule is CN(C)c1nc(N(C)CO)nc(N(C)c2ccccc2O)n1. The Bertz CT molecular complexity index is 649. The molecule has 118 valence electrons. The van der Waals surface area contributed by atoms with Gasteiger partial charge in [-0.05, 0) is 12.1 Å². The van der Waals surface area contributed by atoms with E-state index < -0.39 is 0 Å². The van der Waals surface area contributed by atoms with Crippen molar-refractivity contribution in [2.45, 2.75) is 0 Å². The zero-order valence-corrected chi connectivity index (χ0v) is 13.1. The minimum atomic E-state index is -0.212. The fourth-order valence-corrected chi connectivity index (χ4v) is 1.78. The Morgan fingerprint density at radius 3 is 2.09 bits per heavy atom. The zero-order chi connectivity index (χ0) is 16.3. The first-order valence-electron chi connectivity index (χ1n) is 6.71. The van der Waals surface area contributed by atoms with Crippen molar-refractivity contribution in [3.05, 3.63) is 24.3 Å². The number of rotatable bonds is 5. The third kappa shape index (κ3) is 3.17. The maximum atomic E-state index is 9.97. The van der Waals surface area contributed by atoms with Gasteiger partial charge in [-0.2, -0.15) is 15.0 Å². The lowest BCUT2D eigenvalue weighted by atomic mass is 10.3. The molecule has 0 aliphatic carbocycles. The number of phenolic OH excluding ortho intramolecular Hbond substituents is 1. The Hall–Kier alpha value is -2.61. The highest BCUT2D eigenvalue weighted by Gasteiger charge is 2.16. The molecule has 8 nitrogen and oxygen atoms in total. The average molecular weight is 304 g/mol. The molecule has 0 spiro atoms. The first-order chi connectivity index (χ1) is 10.4. The van der Waals surface area contributed by atoms with Gasteiger partial charge in [-0.15, -0.1) is 0 Å². The zero-order valence-electron chi connectivity index (χ0n) is 13.1. The van der Waals surface area contributed by atoms with Crippen molar-refractivity contribution >= 4 is 23.5 Å². The summed E-state index contributed by atoms with van der Waals surface area (Å²) in [5.41, 5.74) is 0.580. The second kappa shape index (κ2) is 6.44. The molecule has 2 N–H and O–H groups in total. The van der Waals surface area contributed by atoms with Crippen LogP contribution in [0.3, 0.4) is 0 Å². The van der Waals surface area contributed by atoms with Crippen LogP contribution in [-0.2, 0) is 0 Å². The minimum Gasteiger partial charge on any atom is -0.506 e. The molecule has 0 aliphatic rings. The fraction of sp³-hybridized carbons (Fsp3) is 0.357. The summed E-state index contributed by atoms with van der Waals surface area (Å²) in [6, 6.07) is 6.93. The molecule has 1 aromatic heterocycles. The molecular weight excluding hydrogens is 284 g/mol. The van der Waals surface area contributed by atoms with Gasteiger partial charge in [0.1, 0.15) is 12.5 Å². The van der Waals surface area contributed by atoms with Gasteiger partial charge in [0, 0.05) is 28.2 Å². The van der Waals surface area contributed by atoms with Crippen LogP contribution in [0.5, 0.6) is 5.75 Å². The highest BCUT2D eigenvalue weighted by Crippen LogP contribution is 2.30. The van der Waals surface area contributed by atoms with Gasteiger partial charge < -0.3 is 24.9 Å². The quantitative estimate of drug-likeness (QED) is 0.784. The Morgan fingerprint density at radius 1 is 0.909 bits per heavy atom. The molecule has 0 fully saturated rings. The predicted molar refractivity (Wildman–Crippen MR) is 85.8 cm³/mol. The molecule has 2 rings (SSSR count). The van der Waals surface area contributed by atoms with E-state index in [9.17, 15) is 10.2 Å². The van der Waals surface area contributed by atoms with Crippen molar-refractivity contribution in [2.75, 3.05) is 49.6 Å². The van der Waals surface area contributed by atoms with Crippen LogP contribution in [0.2, 0.25) is 0 Å². The van der Waals surface area contributed by atoms with Crippen LogP contribution < -0.4 is 14.7 Å². The molecule has 22 heavy (non-hydrogen) atoms. The second-order valence-electron chi connectivity index (χ2n) is 5.02. The Kier molecular flexibility index (Phi) is 4.62. The second-order valence-corrected chi connectivity index (χ2v) is 5.02. The van der Waals surface area contributed by atoms with Gasteiger partial charge in [-0.25, -0.2) is 0 Å². The summed E-state index contributed by atoms with van der Waals surface area (Å²) in [7, 11) is 7.08. The van der Waals surface area contributed by atoms with Gasteiger partial charge >= 0.3 is 0 Å². The van der Waals surface area contributed by atoms with Crippen molar-refractivity contribution in [1.29, 1.82) is 0 Å². The third-order valence-corrected chi connectivity index (χ3v) is 3.10. The van der Waals surface area contributed by atoms with Crippen LogP contribution in [0.15, 0.2) is 24.3 Å². The van der Waals surface area contributed by atoms with Crippen LogP contribution in [0, 0.1) is 0 Å². The number of anilines is 4. The van der Waals surface area contributed by atoms with Gasteiger partial charge in [0.25, 0.3) is 0 Å². The summed E-state index contributed by atoms with van der Waals surface area (Å²) in [5.74, 6) is 1.31. The van der Waals surface area contributed by atoms with Crippen LogP contribution in [-0.4, -0.2) is 60.1 Å². The number of aliphatic hydroxyl groups is 1. The number of para-hydroxylation sites is 2. The Balaban J connectivity index is 2.49. The maximum absolute atomic E-state index is 9.97. The molecule has 0 unspecified atom stereocenters. The number of benzene rings is 1. The summed E-state index contributed by atoms with van der Waals surface area (Å²) >= 11 is 0. The molecule has 0 radical (unpaired) electrons. The van der Waals surface area contributed by atoms with Crippen molar-refractivity contribution in [3.63, 3.8) is 0 Å².